The summed E-state index contributed by atoms with van der Waals surface area (Å²) in [7, 11) is 0. The maximum absolute atomic E-state index is 12.6. The molecule has 2 aromatic rings. The topological polar surface area (TPSA) is 88.4 Å². The predicted octanol–water partition coefficient (Wildman–Crippen LogP) is 2.15. The number of hydrogen-bond donors (Lipinski definition) is 1. The minimum Gasteiger partial charge on any atom is -0.332 e. The molecule has 2 heterocycles. The molecule has 0 spiro atoms. The summed E-state index contributed by atoms with van der Waals surface area (Å²) in [5, 5.41) is 16.4. The third kappa shape index (κ3) is 3.22. The highest BCUT2D eigenvalue weighted by molar-refractivity contribution is 7.13. The van der Waals surface area contributed by atoms with Crippen molar-refractivity contribution in [3.63, 3.8) is 0 Å². The maximum Gasteiger partial charge on any atom is 0.273 e. The van der Waals surface area contributed by atoms with Crippen molar-refractivity contribution in [1.82, 2.24) is 15.2 Å². The molecule has 3 rings (SSSR count). The Morgan fingerprint density at radius 3 is 2.83 bits per heavy atom. The van der Waals surface area contributed by atoms with Gasteiger partial charge < -0.3 is 10.2 Å². The minimum absolute atomic E-state index is 0.0382. The molecule has 0 radical (unpaired) electrons. The zero-order valence-electron chi connectivity index (χ0n) is 12.6. The van der Waals surface area contributed by atoms with Crippen molar-refractivity contribution in [1.29, 1.82) is 0 Å². The van der Waals surface area contributed by atoms with Crippen LogP contribution in [0.1, 0.15) is 17.4 Å². The fraction of sp³-hybridized carbons (Fsp3) is 0.333. The van der Waals surface area contributed by atoms with Crippen LogP contribution in [-0.2, 0) is 0 Å². The second-order valence-corrected chi connectivity index (χ2v) is 6.25. The average molecular weight is 332 g/mol. The molecular formula is C15H16N4O3S. The summed E-state index contributed by atoms with van der Waals surface area (Å²) in [6.45, 7) is 4.25. The van der Waals surface area contributed by atoms with Gasteiger partial charge in [0.15, 0.2) is 0 Å². The number of nitro groups is 1. The van der Waals surface area contributed by atoms with Gasteiger partial charge in [0, 0.05) is 48.8 Å². The molecule has 1 aliphatic heterocycles. The van der Waals surface area contributed by atoms with Crippen LogP contribution in [0.5, 0.6) is 0 Å². The van der Waals surface area contributed by atoms with Crippen molar-refractivity contribution >= 4 is 22.9 Å². The second kappa shape index (κ2) is 6.43. The summed E-state index contributed by atoms with van der Waals surface area (Å²) in [6, 6.07) is 6.32. The number of carbonyl (C=O) groups excluding carboxylic acids is 1. The van der Waals surface area contributed by atoms with Gasteiger partial charge in [-0.3, -0.25) is 14.9 Å². The van der Waals surface area contributed by atoms with Gasteiger partial charge in [0.2, 0.25) is 0 Å². The van der Waals surface area contributed by atoms with Crippen molar-refractivity contribution in [3.8, 4) is 10.6 Å². The molecule has 1 aromatic carbocycles. The summed E-state index contributed by atoms with van der Waals surface area (Å²) >= 11 is 1.37. The molecule has 0 bridgehead atoms. The lowest BCUT2D eigenvalue weighted by Gasteiger charge is -2.33. The summed E-state index contributed by atoms with van der Waals surface area (Å²) in [5.41, 5.74) is 1.24. The molecule has 1 aromatic heterocycles. The van der Waals surface area contributed by atoms with Crippen LogP contribution in [0.2, 0.25) is 0 Å². The molecule has 23 heavy (non-hydrogen) atoms. The van der Waals surface area contributed by atoms with Crippen LogP contribution in [0.3, 0.4) is 0 Å². The van der Waals surface area contributed by atoms with Crippen LogP contribution in [0, 0.1) is 10.1 Å². The normalized spacial score (nSPS) is 18.0. The van der Waals surface area contributed by atoms with Crippen molar-refractivity contribution in [2.75, 3.05) is 19.6 Å². The zero-order valence-corrected chi connectivity index (χ0v) is 13.4. The Hall–Kier alpha value is -2.32. The van der Waals surface area contributed by atoms with Gasteiger partial charge in [0.25, 0.3) is 11.6 Å². The predicted molar refractivity (Wildman–Crippen MR) is 87.6 cm³/mol. The first kappa shape index (κ1) is 15.6. The molecule has 1 aliphatic rings. The quantitative estimate of drug-likeness (QED) is 0.687. The van der Waals surface area contributed by atoms with Gasteiger partial charge in [-0.25, -0.2) is 4.98 Å². The van der Waals surface area contributed by atoms with E-state index in [1.165, 1.54) is 23.5 Å². The van der Waals surface area contributed by atoms with Crippen molar-refractivity contribution in [3.05, 3.63) is 45.5 Å². The van der Waals surface area contributed by atoms with E-state index < -0.39 is 4.92 Å². The molecule has 8 heteroatoms. The highest BCUT2D eigenvalue weighted by Crippen LogP contribution is 2.26. The Kier molecular flexibility index (Phi) is 4.35. The van der Waals surface area contributed by atoms with E-state index in [2.05, 4.69) is 10.3 Å². The number of benzene rings is 1. The monoisotopic (exact) mass is 332 g/mol. The standard InChI is InChI=1S/C15H16N4O3S/c1-10-8-16-6-7-18(10)15(20)13-9-23-14(17-13)11-2-4-12(5-3-11)19(21)22/h2-5,9-10,16H,6-8H2,1H3/t10-/m1/s1. The van der Waals surface area contributed by atoms with Crippen LogP contribution in [0.4, 0.5) is 5.69 Å². The summed E-state index contributed by atoms with van der Waals surface area (Å²) < 4.78 is 0. The third-order valence-corrected chi connectivity index (χ3v) is 4.70. The fourth-order valence-corrected chi connectivity index (χ4v) is 3.32. The molecular weight excluding hydrogens is 316 g/mol. The third-order valence-electron chi connectivity index (χ3n) is 3.81. The molecule has 1 saturated heterocycles. The number of carbonyl (C=O) groups is 1. The highest BCUT2D eigenvalue weighted by Gasteiger charge is 2.25. The minimum atomic E-state index is -0.438. The van der Waals surface area contributed by atoms with E-state index in [-0.39, 0.29) is 17.6 Å². The molecule has 1 amide bonds. The van der Waals surface area contributed by atoms with Crippen LogP contribution >= 0.6 is 11.3 Å². The first-order valence-electron chi connectivity index (χ1n) is 7.28. The lowest BCUT2D eigenvalue weighted by molar-refractivity contribution is -0.384. The van der Waals surface area contributed by atoms with Gasteiger partial charge in [-0.1, -0.05) is 0 Å². The number of nitrogens with one attached hydrogen (secondary N) is 1. The van der Waals surface area contributed by atoms with E-state index in [1.807, 2.05) is 11.8 Å². The van der Waals surface area contributed by atoms with E-state index in [0.717, 1.165) is 18.7 Å². The van der Waals surface area contributed by atoms with Gasteiger partial charge in [0.1, 0.15) is 10.7 Å². The Morgan fingerprint density at radius 2 is 2.17 bits per heavy atom. The number of piperazine rings is 1. The first-order valence-corrected chi connectivity index (χ1v) is 8.16. The van der Waals surface area contributed by atoms with Gasteiger partial charge in [0.05, 0.1) is 4.92 Å². The van der Waals surface area contributed by atoms with Crippen molar-refractivity contribution < 1.29 is 9.72 Å². The number of thiazole rings is 1. The molecule has 7 nitrogen and oxygen atoms in total. The van der Waals surface area contributed by atoms with Gasteiger partial charge in [-0.05, 0) is 19.1 Å². The zero-order chi connectivity index (χ0) is 16.4. The summed E-state index contributed by atoms with van der Waals surface area (Å²) in [4.78, 5) is 29.0. The largest absolute Gasteiger partial charge is 0.332 e. The average Bonchev–Trinajstić information content (AvgIpc) is 3.05. The van der Waals surface area contributed by atoms with Crippen molar-refractivity contribution in [2.24, 2.45) is 0 Å². The van der Waals surface area contributed by atoms with E-state index in [1.54, 1.807) is 17.5 Å². The molecule has 0 unspecified atom stereocenters. The van der Waals surface area contributed by atoms with Crippen molar-refractivity contribution in [2.45, 2.75) is 13.0 Å². The maximum atomic E-state index is 12.6. The summed E-state index contributed by atoms with van der Waals surface area (Å²) in [5.74, 6) is -0.0663. The van der Waals surface area contributed by atoms with Crippen LogP contribution in [-0.4, -0.2) is 46.4 Å². The lowest BCUT2D eigenvalue weighted by atomic mass is 10.2. The van der Waals surface area contributed by atoms with Gasteiger partial charge >= 0.3 is 0 Å². The number of non-ortho nitro benzene ring substituents is 1. The number of rotatable bonds is 3. The van der Waals surface area contributed by atoms with Gasteiger partial charge in [-0.2, -0.15) is 0 Å². The SMILES string of the molecule is C[C@@H]1CNCCN1C(=O)c1csc(-c2ccc([N+](=O)[O-])cc2)n1. The number of aromatic nitrogens is 1. The van der Waals surface area contributed by atoms with E-state index in [9.17, 15) is 14.9 Å². The Balaban J connectivity index is 1.79. The fourth-order valence-electron chi connectivity index (χ4n) is 2.52. The summed E-state index contributed by atoms with van der Waals surface area (Å²) in [6.07, 6.45) is 0. The van der Waals surface area contributed by atoms with Crippen LogP contribution in [0.25, 0.3) is 10.6 Å². The number of nitro benzene ring substituents is 1. The molecule has 1 atom stereocenters. The molecule has 0 aliphatic carbocycles. The van der Waals surface area contributed by atoms with E-state index in [0.29, 0.717) is 17.2 Å². The first-order chi connectivity index (χ1) is 11.1. The van der Waals surface area contributed by atoms with E-state index >= 15 is 0 Å². The lowest BCUT2D eigenvalue weighted by Crippen LogP contribution is -2.52. The second-order valence-electron chi connectivity index (χ2n) is 5.39. The molecule has 1 N–H and O–H groups in total. The Labute approximate surface area is 137 Å². The molecule has 0 saturated carbocycles. The van der Waals surface area contributed by atoms with Crippen LogP contribution < -0.4 is 5.32 Å². The highest BCUT2D eigenvalue weighted by atomic mass is 32.1. The number of amides is 1. The van der Waals surface area contributed by atoms with E-state index in [4.69, 9.17) is 0 Å². The number of hydrogen-bond acceptors (Lipinski definition) is 6. The molecule has 120 valence electrons. The van der Waals surface area contributed by atoms with Crippen LogP contribution in [0.15, 0.2) is 29.6 Å². The Morgan fingerprint density at radius 1 is 1.43 bits per heavy atom. The smallest absolute Gasteiger partial charge is 0.273 e. The number of nitrogens with zero attached hydrogens (tertiary/aromatic N) is 3. The molecule has 1 fully saturated rings. The van der Waals surface area contributed by atoms with Gasteiger partial charge in [-0.15, -0.1) is 11.3 Å². The Bertz CT molecular complexity index is 729.